The molecule has 3 fully saturated rings. The van der Waals surface area contributed by atoms with Gasteiger partial charge in [0.25, 0.3) is 5.91 Å². The van der Waals surface area contributed by atoms with Gasteiger partial charge in [-0.2, -0.15) is 0 Å². The van der Waals surface area contributed by atoms with Crippen molar-refractivity contribution in [1.82, 2.24) is 5.32 Å². The van der Waals surface area contributed by atoms with Crippen LogP contribution in [-0.4, -0.2) is 58.9 Å². The summed E-state index contributed by atoms with van der Waals surface area (Å²) in [6.45, 7) is 5.75. The largest absolute Gasteiger partial charge is 0.508 e. The fourth-order valence-electron chi connectivity index (χ4n) is 8.85. The number of benzene rings is 1. The number of hydrogen-bond donors (Lipinski definition) is 3. The average Bonchev–Trinajstić information content (AvgIpc) is 3.25. The fraction of sp³-hybridized carbons (Fsp3) is 0.636. The number of ether oxygens (including phenoxy) is 1. The second-order valence-corrected chi connectivity index (χ2v) is 13.3. The van der Waals surface area contributed by atoms with Crippen LogP contribution >= 0.6 is 0 Å². The highest BCUT2D eigenvalue weighted by molar-refractivity contribution is 5.96. The molecule has 1 amide bonds. The smallest absolute Gasteiger partial charge is 0.328 e. The lowest BCUT2D eigenvalue weighted by Crippen LogP contribution is -2.57. The van der Waals surface area contributed by atoms with Crippen LogP contribution in [0.15, 0.2) is 41.1 Å². The third-order valence-electron chi connectivity index (χ3n) is 11.3. The Kier molecular flexibility index (Phi) is 8.27. The number of oxime groups is 1. The highest BCUT2D eigenvalue weighted by Gasteiger charge is 2.65. The van der Waals surface area contributed by atoms with Crippen LogP contribution in [0.25, 0.3) is 0 Å². The SMILES string of the molecule is COC(=O)[C@H](Cc1ccc(O)cc1)NC(=O)CO/N=C1/C=C2CC[C@H]3[C@@H](CC[C@@]4(C)[C@@H]3CC[C@]4(O)C(C)=O)[C@@]2(C)CC1. The Morgan fingerprint density at radius 1 is 1.05 bits per heavy atom. The molecule has 5 rings (SSSR count). The van der Waals surface area contributed by atoms with Crippen LogP contribution < -0.4 is 5.32 Å². The number of carbonyl (C=O) groups excluding carboxylic acids is 3. The second kappa shape index (κ2) is 11.5. The Labute approximate surface area is 247 Å². The van der Waals surface area contributed by atoms with Gasteiger partial charge in [0.2, 0.25) is 0 Å². The summed E-state index contributed by atoms with van der Waals surface area (Å²) in [6, 6.07) is 5.52. The fourth-order valence-corrected chi connectivity index (χ4v) is 8.85. The number of methoxy groups -OCH3 is 1. The maximum atomic E-state index is 12.6. The first-order valence-corrected chi connectivity index (χ1v) is 15.2. The molecule has 3 saturated carbocycles. The van der Waals surface area contributed by atoms with Gasteiger partial charge < -0.3 is 25.1 Å². The number of nitrogens with zero attached hydrogens (tertiary/aromatic N) is 1. The topological polar surface area (TPSA) is 135 Å². The van der Waals surface area contributed by atoms with Crippen LogP contribution in [0.3, 0.4) is 0 Å². The number of hydrogen-bond acceptors (Lipinski definition) is 8. The minimum atomic E-state index is -1.20. The van der Waals surface area contributed by atoms with Gasteiger partial charge in [0, 0.05) is 11.8 Å². The number of Topliss-reactive ketones (excluding diaryl/α,β-unsaturated/α-hetero) is 1. The molecule has 0 heterocycles. The van der Waals surface area contributed by atoms with Gasteiger partial charge in [-0.15, -0.1) is 0 Å². The molecule has 3 N–H and O–H groups in total. The minimum Gasteiger partial charge on any atom is -0.508 e. The molecule has 4 aliphatic rings. The molecule has 0 radical (unpaired) electrons. The number of phenolic OH excluding ortho intramolecular Hbond substituents is 1. The molecule has 9 nitrogen and oxygen atoms in total. The van der Waals surface area contributed by atoms with E-state index in [4.69, 9.17) is 9.57 Å². The summed E-state index contributed by atoms with van der Waals surface area (Å²) < 4.78 is 4.85. The van der Waals surface area contributed by atoms with Gasteiger partial charge in [0.05, 0.1) is 12.8 Å². The van der Waals surface area contributed by atoms with Crippen molar-refractivity contribution >= 4 is 23.4 Å². The van der Waals surface area contributed by atoms with Crippen LogP contribution in [0.5, 0.6) is 5.75 Å². The van der Waals surface area contributed by atoms with Crippen molar-refractivity contribution in [2.45, 2.75) is 90.2 Å². The maximum absolute atomic E-state index is 12.6. The van der Waals surface area contributed by atoms with E-state index in [2.05, 4.69) is 30.4 Å². The predicted molar refractivity (Wildman–Crippen MR) is 156 cm³/mol. The summed E-state index contributed by atoms with van der Waals surface area (Å²) in [6.07, 6.45) is 9.44. The van der Waals surface area contributed by atoms with E-state index in [1.165, 1.54) is 24.8 Å². The molecule has 0 unspecified atom stereocenters. The lowest BCUT2D eigenvalue weighted by Gasteiger charge is -2.59. The Hall–Kier alpha value is -3.20. The first kappa shape index (κ1) is 30.3. The van der Waals surface area contributed by atoms with Gasteiger partial charge in [0.1, 0.15) is 17.4 Å². The normalized spacial score (nSPS) is 35.2. The van der Waals surface area contributed by atoms with E-state index in [0.29, 0.717) is 24.2 Å². The van der Waals surface area contributed by atoms with E-state index >= 15 is 0 Å². The molecular weight excluding hydrogens is 536 g/mol. The maximum Gasteiger partial charge on any atom is 0.328 e. The molecule has 9 heteroatoms. The third kappa shape index (κ3) is 5.25. The molecule has 1 aromatic rings. The zero-order valence-corrected chi connectivity index (χ0v) is 25.2. The number of phenols is 1. The van der Waals surface area contributed by atoms with E-state index < -0.39 is 23.5 Å². The molecule has 0 saturated heterocycles. The van der Waals surface area contributed by atoms with E-state index in [0.717, 1.165) is 56.2 Å². The summed E-state index contributed by atoms with van der Waals surface area (Å²) in [5, 5.41) is 27.8. The lowest BCUT2D eigenvalue weighted by molar-refractivity contribution is -0.159. The quantitative estimate of drug-likeness (QED) is 0.309. The lowest BCUT2D eigenvalue weighted by atomic mass is 9.46. The van der Waals surface area contributed by atoms with Crippen molar-refractivity contribution in [3.63, 3.8) is 0 Å². The molecule has 0 spiro atoms. The predicted octanol–water partition coefficient (Wildman–Crippen LogP) is 4.25. The van der Waals surface area contributed by atoms with Gasteiger partial charge in [-0.3, -0.25) is 9.59 Å². The van der Waals surface area contributed by atoms with Crippen molar-refractivity contribution in [3.05, 3.63) is 41.5 Å². The van der Waals surface area contributed by atoms with E-state index in [9.17, 15) is 24.6 Å². The van der Waals surface area contributed by atoms with Gasteiger partial charge >= 0.3 is 5.97 Å². The van der Waals surface area contributed by atoms with Gasteiger partial charge in [-0.1, -0.05) is 36.7 Å². The van der Waals surface area contributed by atoms with E-state index in [-0.39, 0.29) is 35.4 Å². The Morgan fingerprint density at radius 2 is 1.76 bits per heavy atom. The molecule has 42 heavy (non-hydrogen) atoms. The average molecular weight is 581 g/mol. The van der Waals surface area contributed by atoms with Crippen molar-refractivity contribution in [3.8, 4) is 5.75 Å². The van der Waals surface area contributed by atoms with Gasteiger partial charge in [-0.25, -0.2) is 4.79 Å². The molecule has 0 bridgehead atoms. The number of amides is 1. The Morgan fingerprint density at radius 3 is 2.45 bits per heavy atom. The number of aliphatic hydroxyl groups is 1. The summed E-state index contributed by atoms with van der Waals surface area (Å²) in [4.78, 5) is 42.8. The molecule has 4 aliphatic carbocycles. The third-order valence-corrected chi connectivity index (χ3v) is 11.3. The van der Waals surface area contributed by atoms with Crippen molar-refractivity contribution in [1.29, 1.82) is 0 Å². The molecule has 228 valence electrons. The van der Waals surface area contributed by atoms with Crippen LogP contribution in [-0.2, 0) is 30.4 Å². The summed E-state index contributed by atoms with van der Waals surface area (Å²) >= 11 is 0. The number of rotatable bonds is 8. The van der Waals surface area contributed by atoms with Crippen LogP contribution in [0.2, 0.25) is 0 Å². The highest BCUT2D eigenvalue weighted by Crippen LogP contribution is 2.67. The molecule has 1 aromatic carbocycles. The Balaban J connectivity index is 1.20. The summed E-state index contributed by atoms with van der Waals surface area (Å²) in [5.74, 6) is 0.371. The Bertz CT molecular complexity index is 1290. The van der Waals surface area contributed by atoms with Crippen molar-refractivity contribution < 1.29 is 34.2 Å². The zero-order valence-electron chi connectivity index (χ0n) is 25.2. The highest BCUT2D eigenvalue weighted by atomic mass is 16.6. The molecule has 7 atom stereocenters. The van der Waals surface area contributed by atoms with E-state index in [1.54, 1.807) is 19.1 Å². The molecule has 0 aliphatic heterocycles. The monoisotopic (exact) mass is 580 g/mol. The van der Waals surface area contributed by atoms with Crippen molar-refractivity contribution in [2.75, 3.05) is 13.7 Å². The van der Waals surface area contributed by atoms with Gasteiger partial charge in [0.15, 0.2) is 12.4 Å². The minimum absolute atomic E-state index is 0.0551. The standard InChI is InChI=1S/C33H44N2O7/c1-20(36)33(40)16-13-27-25-10-7-22-18-23(11-14-31(22,2)26(25)12-15-32(27,33)3)35-42-19-29(38)34-28(30(39)41-4)17-21-5-8-24(37)9-6-21/h5-6,8-9,18,25-28,37,40H,7,10-17,19H2,1-4H3,(H,34,38)/b35-23+/t25-,26+,27+,28-,31-,32-,33-/m0/s1. The molecule has 0 aromatic heterocycles. The van der Waals surface area contributed by atoms with E-state index in [1.807, 2.05) is 0 Å². The van der Waals surface area contributed by atoms with Crippen LogP contribution in [0.1, 0.15) is 77.7 Å². The zero-order chi connectivity index (χ0) is 30.3. The van der Waals surface area contributed by atoms with Gasteiger partial charge in [-0.05, 0) is 105 Å². The number of fused-ring (bicyclic) bond motifs is 5. The first-order chi connectivity index (χ1) is 19.9. The number of ketones is 1. The summed E-state index contributed by atoms with van der Waals surface area (Å²) in [5.41, 5.74) is 1.47. The number of nitrogens with one attached hydrogen (secondary N) is 1. The number of esters is 1. The molecular formula is C33H44N2O7. The first-order valence-electron chi connectivity index (χ1n) is 15.2. The van der Waals surface area contributed by atoms with Crippen molar-refractivity contribution in [2.24, 2.45) is 33.7 Å². The van der Waals surface area contributed by atoms with Crippen LogP contribution in [0.4, 0.5) is 0 Å². The number of allylic oxidation sites excluding steroid dienone is 2. The number of aromatic hydroxyl groups is 1. The summed E-state index contributed by atoms with van der Waals surface area (Å²) in [7, 11) is 1.27. The number of carbonyl (C=O) groups is 3. The van der Waals surface area contributed by atoms with Crippen LogP contribution in [0, 0.1) is 28.6 Å². The second-order valence-electron chi connectivity index (χ2n) is 13.3.